The molecule has 0 bridgehead atoms. The smallest absolute Gasteiger partial charge is 0.338 e. The molecule has 164 valence electrons. The summed E-state index contributed by atoms with van der Waals surface area (Å²) in [6.07, 6.45) is 0. The van der Waals surface area contributed by atoms with E-state index in [2.05, 4.69) is 0 Å². The molecule has 8 heteroatoms. The largest absolute Gasteiger partial charge is 0.497 e. The summed E-state index contributed by atoms with van der Waals surface area (Å²) in [5.41, 5.74) is 1.37. The molecule has 30 heavy (non-hydrogen) atoms. The summed E-state index contributed by atoms with van der Waals surface area (Å²) >= 11 is 0. The summed E-state index contributed by atoms with van der Waals surface area (Å²) in [6.45, 7) is 5.03. The molecule has 0 aliphatic carbocycles. The van der Waals surface area contributed by atoms with Gasteiger partial charge in [-0.2, -0.15) is 0 Å². The molecule has 0 heterocycles. The lowest BCUT2D eigenvalue weighted by Gasteiger charge is -2.29. The minimum atomic E-state index is -1.12. The van der Waals surface area contributed by atoms with Gasteiger partial charge in [0.1, 0.15) is 11.5 Å². The van der Waals surface area contributed by atoms with Crippen LogP contribution in [0.5, 0.6) is 28.7 Å². The van der Waals surface area contributed by atoms with Crippen molar-refractivity contribution in [3.8, 4) is 39.9 Å². The highest BCUT2D eigenvalue weighted by Crippen LogP contribution is 2.54. The molecular formula is C22H29NO7. The first-order valence-corrected chi connectivity index (χ1v) is 9.49. The Morgan fingerprint density at radius 2 is 1.30 bits per heavy atom. The molecule has 0 amide bonds. The Labute approximate surface area is 176 Å². The molecular weight excluding hydrogens is 390 g/mol. The molecule has 0 aliphatic heterocycles. The molecule has 1 N–H and O–H groups in total. The zero-order chi connectivity index (χ0) is 22.4. The maximum absolute atomic E-state index is 12.6. The predicted octanol–water partition coefficient (Wildman–Crippen LogP) is 3.94. The standard InChI is InChI=1S/C22H29NO7/c1-8-23(9-2)18-17(22(24)25)16(19(28-5)21(30-7)20(18)29-6)13-10-14(26-3)12-15(11-13)27-4/h10-12H,8-9H2,1-7H3,(H,24,25). The average Bonchev–Trinajstić information content (AvgIpc) is 2.77. The number of hydrogen-bond acceptors (Lipinski definition) is 7. The van der Waals surface area contributed by atoms with Crippen LogP contribution in [-0.4, -0.2) is 59.7 Å². The summed E-state index contributed by atoms with van der Waals surface area (Å²) in [5, 5.41) is 10.3. The van der Waals surface area contributed by atoms with Crippen LogP contribution in [0.25, 0.3) is 11.1 Å². The van der Waals surface area contributed by atoms with E-state index in [-0.39, 0.29) is 11.3 Å². The van der Waals surface area contributed by atoms with Crippen molar-refractivity contribution in [3.63, 3.8) is 0 Å². The number of ether oxygens (including phenoxy) is 5. The van der Waals surface area contributed by atoms with Crippen molar-refractivity contribution in [2.24, 2.45) is 0 Å². The van der Waals surface area contributed by atoms with E-state index in [0.717, 1.165) is 0 Å². The van der Waals surface area contributed by atoms with Crippen LogP contribution >= 0.6 is 0 Å². The normalized spacial score (nSPS) is 10.4. The summed E-state index contributed by atoms with van der Waals surface area (Å²) < 4.78 is 27.6. The van der Waals surface area contributed by atoms with Gasteiger partial charge >= 0.3 is 5.97 Å². The molecule has 0 aliphatic rings. The van der Waals surface area contributed by atoms with E-state index in [1.807, 2.05) is 18.7 Å². The Balaban J connectivity index is 3.12. The number of aromatic carboxylic acids is 1. The number of rotatable bonds is 10. The van der Waals surface area contributed by atoms with Gasteiger partial charge in [0.15, 0.2) is 11.5 Å². The van der Waals surface area contributed by atoms with Crippen molar-refractivity contribution in [1.29, 1.82) is 0 Å². The zero-order valence-electron chi connectivity index (χ0n) is 18.5. The van der Waals surface area contributed by atoms with Crippen LogP contribution < -0.4 is 28.6 Å². The number of anilines is 1. The number of benzene rings is 2. The maximum atomic E-state index is 12.6. The third kappa shape index (κ3) is 4.03. The summed E-state index contributed by atoms with van der Waals surface area (Å²) in [5.74, 6) is 0.771. The van der Waals surface area contributed by atoms with E-state index in [0.29, 0.717) is 52.9 Å². The quantitative estimate of drug-likeness (QED) is 0.620. The van der Waals surface area contributed by atoms with Gasteiger partial charge in [-0.3, -0.25) is 0 Å². The highest BCUT2D eigenvalue weighted by Gasteiger charge is 2.33. The van der Waals surface area contributed by atoms with Gasteiger partial charge in [0.2, 0.25) is 5.75 Å². The second-order valence-corrected chi connectivity index (χ2v) is 6.28. The number of methoxy groups -OCH3 is 5. The highest BCUT2D eigenvalue weighted by molar-refractivity contribution is 6.07. The molecule has 2 rings (SSSR count). The third-order valence-electron chi connectivity index (χ3n) is 4.89. The average molecular weight is 419 g/mol. The maximum Gasteiger partial charge on any atom is 0.338 e. The number of carboxylic acid groups (broad SMARTS) is 1. The Kier molecular flexibility index (Phi) is 7.63. The topological polar surface area (TPSA) is 86.7 Å². The lowest BCUT2D eigenvalue weighted by molar-refractivity contribution is 0.0697. The van der Waals surface area contributed by atoms with Gasteiger partial charge in [-0.25, -0.2) is 4.79 Å². The molecule has 0 spiro atoms. The molecule has 2 aromatic carbocycles. The first-order valence-electron chi connectivity index (χ1n) is 9.49. The van der Waals surface area contributed by atoms with Gasteiger partial charge in [0, 0.05) is 24.7 Å². The number of carbonyl (C=O) groups is 1. The fourth-order valence-corrected chi connectivity index (χ4v) is 3.52. The van der Waals surface area contributed by atoms with Crippen LogP contribution in [0.4, 0.5) is 5.69 Å². The van der Waals surface area contributed by atoms with Gasteiger partial charge in [-0.15, -0.1) is 0 Å². The second kappa shape index (κ2) is 9.96. The Hall–Kier alpha value is -3.29. The van der Waals surface area contributed by atoms with Crippen LogP contribution in [0, 0.1) is 0 Å². The fraction of sp³-hybridized carbons (Fsp3) is 0.409. The molecule has 2 aromatic rings. The van der Waals surface area contributed by atoms with Crippen molar-refractivity contribution >= 4 is 11.7 Å². The lowest BCUT2D eigenvalue weighted by Crippen LogP contribution is -2.26. The van der Waals surface area contributed by atoms with Crippen molar-refractivity contribution < 1.29 is 33.6 Å². The molecule has 0 unspecified atom stereocenters. The van der Waals surface area contributed by atoms with Crippen LogP contribution in [-0.2, 0) is 0 Å². The fourth-order valence-electron chi connectivity index (χ4n) is 3.52. The Morgan fingerprint density at radius 3 is 1.67 bits per heavy atom. The first kappa shape index (κ1) is 23.0. The summed E-state index contributed by atoms with van der Waals surface area (Å²) in [6, 6.07) is 5.16. The zero-order valence-corrected chi connectivity index (χ0v) is 18.5. The molecule has 0 atom stereocenters. The van der Waals surface area contributed by atoms with Crippen molar-refractivity contribution in [1.82, 2.24) is 0 Å². The minimum Gasteiger partial charge on any atom is -0.497 e. The predicted molar refractivity (Wildman–Crippen MR) is 115 cm³/mol. The van der Waals surface area contributed by atoms with Crippen molar-refractivity contribution in [2.75, 3.05) is 53.5 Å². The number of nitrogens with zero attached hydrogens (tertiary/aromatic N) is 1. The van der Waals surface area contributed by atoms with E-state index < -0.39 is 5.97 Å². The van der Waals surface area contributed by atoms with Gasteiger partial charge in [-0.1, -0.05) is 0 Å². The van der Waals surface area contributed by atoms with Crippen LogP contribution in [0.3, 0.4) is 0 Å². The van der Waals surface area contributed by atoms with Gasteiger partial charge in [-0.05, 0) is 31.5 Å². The SMILES string of the molecule is CCN(CC)c1c(OC)c(OC)c(OC)c(-c2cc(OC)cc(OC)c2)c1C(=O)O. The summed E-state index contributed by atoms with van der Waals surface area (Å²) in [7, 11) is 7.49. The van der Waals surface area contributed by atoms with Crippen molar-refractivity contribution in [3.05, 3.63) is 23.8 Å². The van der Waals surface area contributed by atoms with Crippen LogP contribution in [0.2, 0.25) is 0 Å². The number of carboxylic acids is 1. The molecule has 0 saturated heterocycles. The van der Waals surface area contributed by atoms with Gasteiger partial charge in [0.25, 0.3) is 0 Å². The molecule has 8 nitrogen and oxygen atoms in total. The third-order valence-corrected chi connectivity index (χ3v) is 4.89. The Morgan fingerprint density at radius 1 is 0.800 bits per heavy atom. The molecule has 0 saturated carbocycles. The van der Waals surface area contributed by atoms with Gasteiger partial charge in [0.05, 0.1) is 46.8 Å². The first-order chi connectivity index (χ1) is 14.4. The summed E-state index contributed by atoms with van der Waals surface area (Å²) in [4.78, 5) is 14.5. The second-order valence-electron chi connectivity index (χ2n) is 6.28. The Bertz CT molecular complexity index is 885. The lowest BCUT2D eigenvalue weighted by atomic mass is 9.94. The van der Waals surface area contributed by atoms with E-state index in [4.69, 9.17) is 23.7 Å². The molecule has 0 fully saturated rings. The molecule has 0 aromatic heterocycles. The molecule has 0 radical (unpaired) electrons. The highest BCUT2D eigenvalue weighted by atomic mass is 16.5. The van der Waals surface area contributed by atoms with E-state index in [1.54, 1.807) is 18.2 Å². The van der Waals surface area contributed by atoms with E-state index in [9.17, 15) is 9.90 Å². The van der Waals surface area contributed by atoms with Gasteiger partial charge < -0.3 is 33.7 Å². The monoisotopic (exact) mass is 419 g/mol. The van der Waals surface area contributed by atoms with Crippen LogP contribution in [0.15, 0.2) is 18.2 Å². The number of hydrogen-bond donors (Lipinski definition) is 1. The minimum absolute atomic E-state index is 0.0449. The van der Waals surface area contributed by atoms with Crippen molar-refractivity contribution in [2.45, 2.75) is 13.8 Å². The van der Waals surface area contributed by atoms with E-state index in [1.165, 1.54) is 35.5 Å². The van der Waals surface area contributed by atoms with E-state index >= 15 is 0 Å². The van der Waals surface area contributed by atoms with Crippen LogP contribution in [0.1, 0.15) is 24.2 Å².